The molecule has 0 saturated heterocycles. The molecule has 0 bridgehead atoms. The number of sulfonamides is 1. The van der Waals surface area contributed by atoms with E-state index in [9.17, 15) is 13.2 Å². The lowest BCUT2D eigenvalue weighted by Gasteiger charge is -2.21. The minimum Gasteiger partial charge on any atom is -0.493 e. The van der Waals surface area contributed by atoms with Crippen molar-refractivity contribution < 1.29 is 13.2 Å². The van der Waals surface area contributed by atoms with Crippen molar-refractivity contribution in [1.82, 2.24) is 24.5 Å². The number of hydrogen-bond acceptors (Lipinski definition) is 6. The third-order valence-corrected chi connectivity index (χ3v) is 6.26. The maximum absolute atomic E-state index is 12.9. The number of nitrogens with one attached hydrogen (secondary N) is 2. The van der Waals surface area contributed by atoms with Gasteiger partial charge in [0.2, 0.25) is 10.0 Å². The Kier molecular flexibility index (Phi) is 6.24. The lowest BCUT2D eigenvalue weighted by atomic mass is 10.1. The van der Waals surface area contributed by atoms with Gasteiger partial charge in [-0.2, -0.15) is 5.10 Å². The van der Waals surface area contributed by atoms with Gasteiger partial charge in [0.25, 0.3) is 5.56 Å². The van der Waals surface area contributed by atoms with Crippen molar-refractivity contribution in [3.63, 3.8) is 0 Å². The minimum absolute atomic E-state index is 0.0589. The molecule has 2 aromatic heterocycles. The lowest BCUT2D eigenvalue weighted by Crippen LogP contribution is -2.40. The molecular formula is C21H29N5O4S. The van der Waals surface area contributed by atoms with Crippen LogP contribution in [-0.2, 0) is 23.5 Å². The average molecular weight is 448 g/mol. The topological polar surface area (TPSA) is 119 Å². The van der Waals surface area contributed by atoms with Crippen molar-refractivity contribution in [2.75, 3.05) is 6.61 Å². The Hall–Kier alpha value is -2.72. The number of aromatic nitrogens is 4. The van der Waals surface area contributed by atoms with Gasteiger partial charge >= 0.3 is 0 Å². The van der Waals surface area contributed by atoms with Crippen LogP contribution in [0, 0.1) is 0 Å². The second kappa shape index (κ2) is 8.43. The van der Waals surface area contributed by atoms with Crippen molar-refractivity contribution in [2.45, 2.75) is 57.9 Å². The Bertz CT molecular complexity index is 1270. The van der Waals surface area contributed by atoms with Crippen molar-refractivity contribution in [3.8, 4) is 17.1 Å². The van der Waals surface area contributed by atoms with Crippen LogP contribution in [0.1, 0.15) is 46.7 Å². The van der Waals surface area contributed by atoms with Gasteiger partial charge in [0, 0.05) is 12.6 Å². The van der Waals surface area contributed by atoms with Gasteiger partial charge in [-0.15, -0.1) is 0 Å². The summed E-state index contributed by atoms with van der Waals surface area (Å²) in [5.74, 6) is 0.666. The molecule has 0 aliphatic rings. The summed E-state index contributed by atoms with van der Waals surface area (Å²) in [7, 11) is -2.08. The van der Waals surface area contributed by atoms with Crippen LogP contribution in [0.3, 0.4) is 0 Å². The van der Waals surface area contributed by atoms with Gasteiger partial charge in [0.15, 0.2) is 5.52 Å². The Morgan fingerprint density at radius 3 is 2.55 bits per heavy atom. The normalized spacial score (nSPS) is 12.5. The Morgan fingerprint density at radius 1 is 1.23 bits per heavy atom. The van der Waals surface area contributed by atoms with Gasteiger partial charge < -0.3 is 9.72 Å². The van der Waals surface area contributed by atoms with Crippen LogP contribution in [-0.4, -0.2) is 40.3 Å². The highest BCUT2D eigenvalue weighted by Crippen LogP contribution is 2.31. The lowest BCUT2D eigenvalue weighted by molar-refractivity contribution is 0.341. The van der Waals surface area contributed by atoms with Crippen LogP contribution in [0.5, 0.6) is 5.75 Å². The van der Waals surface area contributed by atoms with Crippen LogP contribution < -0.4 is 15.0 Å². The van der Waals surface area contributed by atoms with E-state index in [1.165, 1.54) is 16.8 Å². The quantitative estimate of drug-likeness (QED) is 0.575. The number of benzene rings is 1. The molecule has 0 saturated carbocycles. The summed E-state index contributed by atoms with van der Waals surface area (Å²) in [6, 6.07) is 4.53. The molecule has 0 unspecified atom stereocenters. The molecule has 2 N–H and O–H groups in total. The number of hydrogen-bond donors (Lipinski definition) is 2. The standard InChI is InChI=1S/C21H29N5O4S/c1-7-9-15-17-18(26(6)24-15)20(27)23-19(22-17)14-12-13(10-11-16(14)30-8-2)31(28,29)25-21(3,4)5/h10-12,25H,7-9H2,1-6H3,(H,22,23,27). The molecule has 3 aromatic rings. The van der Waals surface area contributed by atoms with Gasteiger partial charge in [-0.3, -0.25) is 9.48 Å². The van der Waals surface area contributed by atoms with Crippen molar-refractivity contribution in [2.24, 2.45) is 7.05 Å². The maximum atomic E-state index is 12.9. The summed E-state index contributed by atoms with van der Waals surface area (Å²) in [6.45, 7) is 9.54. The van der Waals surface area contributed by atoms with E-state index in [4.69, 9.17) is 4.74 Å². The zero-order chi connectivity index (χ0) is 23.0. The molecule has 31 heavy (non-hydrogen) atoms. The zero-order valence-corrected chi connectivity index (χ0v) is 19.6. The van der Waals surface area contributed by atoms with Gasteiger partial charge in [-0.05, 0) is 52.3 Å². The highest BCUT2D eigenvalue weighted by atomic mass is 32.2. The molecule has 0 aliphatic heterocycles. The molecule has 168 valence electrons. The fourth-order valence-electron chi connectivity index (χ4n) is 3.38. The number of fused-ring (bicyclic) bond motifs is 1. The molecule has 9 nitrogen and oxygen atoms in total. The molecule has 3 rings (SSSR count). The smallest absolute Gasteiger partial charge is 0.277 e. The molecule has 0 radical (unpaired) electrons. The monoisotopic (exact) mass is 447 g/mol. The molecular weight excluding hydrogens is 418 g/mol. The number of rotatable bonds is 7. The third-order valence-electron chi connectivity index (χ3n) is 4.51. The number of nitrogens with zero attached hydrogens (tertiary/aromatic N) is 3. The van der Waals surface area contributed by atoms with E-state index in [-0.39, 0.29) is 16.3 Å². The fraction of sp³-hybridized carbons (Fsp3) is 0.476. The first-order valence-corrected chi connectivity index (χ1v) is 11.7. The highest BCUT2D eigenvalue weighted by molar-refractivity contribution is 7.89. The summed E-state index contributed by atoms with van der Waals surface area (Å²) in [6.07, 6.45) is 1.53. The van der Waals surface area contributed by atoms with Crippen LogP contribution in [0.2, 0.25) is 0 Å². The summed E-state index contributed by atoms with van der Waals surface area (Å²) in [5, 5.41) is 4.43. The molecule has 0 fully saturated rings. The second-order valence-corrected chi connectivity index (χ2v) is 10.1. The van der Waals surface area contributed by atoms with Gasteiger partial charge in [0.1, 0.15) is 17.1 Å². The summed E-state index contributed by atoms with van der Waals surface area (Å²) in [5.41, 5.74) is 1.01. The SMILES string of the molecule is CCCc1nn(C)c2c(=O)[nH]c(-c3cc(S(=O)(=O)NC(C)(C)C)ccc3OCC)nc12. The molecule has 0 amide bonds. The van der Waals surface area contributed by atoms with E-state index in [0.29, 0.717) is 35.4 Å². The van der Waals surface area contributed by atoms with Crippen LogP contribution in [0.25, 0.3) is 22.4 Å². The van der Waals surface area contributed by atoms with Crippen molar-refractivity contribution in [1.29, 1.82) is 0 Å². The fourth-order valence-corrected chi connectivity index (χ4v) is 4.83. The molecule has 0 aliphatic carbocycles. The second-order valence-electron chi connectivity index (χ2n) is 8.38. The molecule has 1 aromatic carbocycles. The van der Waals surface area contributed by atoms with Gasteiger partial charge in [-0.1, -0.05) is 13.3 Å². The molecule has 2 heterocycles. The molecule has 0 atom stereocenters. The van der Waals surface area contributed by atoms with E-state index in [2.05, 4.69) is 19.8 Å². The summed E-state index contributed by atoms with van der Waals surface area (Å²) >= 11 is 0. The largest absolute Gasteiger partial charge is 0.493 e. The first kappa shape index (κ1) is 23.0. The Balaban J connectivity index is 2.24. The maximum Gasteiger partial charge on any atom is 0.277 e. The highest BCUT2D eigenvalue weighted by Gasteiger charge is 2.24. The average Bonchev–Trinajstić information content (AvgIpc) is 2.96. The molecule has 0 spiro atoms. The van der Waals surface area contributed by atoms with Crippen LogP contribution in [0.15, 0.2) is 27.9 Å². The van der Waals surface area contributed by atoms with Crippen molar-refractivity contribution >= 4 is 21.1 Å². The number of aromatic amines is 1. The number of ether oxygens (including phenoxy) is 1. The van der Waals surface area contributed by atoms with Crippen LogP contribution >= 0.6 is 0 Å². The van der Waals surface area contributed by atoms with Crippen molar-refractivity contribution in [3.05, 3.63) is 34.2 Å². The summed E-state index contributed by atoms with van der Waals surface area (Å²) in [4.78, 5) is 20.3. The molecule has 10 heteroatoms. The van der Waals surface area contributed by atoms with E-state index in [1.54, 1.807) is 33.9 Å². The zero-order valence-electron chi connectivity index (χ0n) is 18.7. The third kappa shape index (κ3) is 4.80. The van der Waals surface area contributed by atoms with Gasteiger partial charge in [-0.25, -0.2) is 18.1 Å². The number of aryl methyl sites for hydroxylation is 2. The Labute approximate surface area is 181 Å². The first-order valence-electron chi connectivity index (χ1n) is 10.2. The van der Waals surface area contributed by atoms with E-state index >= 15 is 0 Å². The Morgan fingerprint density at radius 2 is 1.94 bits per heavy atom. The van der Waals surface area contributed by atoms with Gasteiger partial charge in [0.05, 0.1) is 22.8 Å². The van der Waals surface area contributed by atoms with E-state index in [0.717, 1.165) is 12.1 Å². The number of H-pyrrole nitrogens is 1. The van der Waals surface area contributed by atoms with Crippen LogP contribution in [0.4, 0.5) is 0 Å². The predicted molar refractivity (Wildman–Crippen MR) is 120 cm³/mol. The minimum atomic E-state index is -3.79. The summed E-state index contributed by atoms with van der Waals surface area (Å²) < 4.78 is 35.6. The predicted octanol–water partition coefficient (Wildman–Crippen LogP) is 2.75. The van der Waals surface area contributed by atoms with E-state index in [1.807, 2.05) is 13.8 Å². The van der Waals surface area contributed by atoms with E-state index < -0.39 is 15.6 Å². The first-order chi connectivity index (χ1) is 14.5.